The zero-order valence-corrected chi connectivity index (χ0v) is 7.58. The molecule has 0 saturated carbocycles. The molecular formula is C6H7ClN6. The smallest absolute Gasteiger partial charge is 0.203 e. The SMILES string of the molecule is CC(Cl)c1nc(-c2cn[nH]n2)n[nH]1. The lowest BCUT2D eigenvalue weighted by atomic mass is 10.4. The standard InChI is InChI=1S/C6H7ClN6/c1-3(7)5-9-6(12-11-5)4-2-8-13-10-4/h2-3H,1H3,(H,8,10,13)(H,9,11,12). The van der Waals surface area contributed by atoms with Gasteiger partial charge in [0.25, 0.3) is 0 Å². The molecule has 0 radical (unpaired) electrons. The van der Waals surface area contributed by atoms with Gasteiger partial charge >= 0.3 is 0 Å². The van der Waals surface area contributed by atoms with Crippen LogP contribution >= 0.6 is 11.6 Å². The van der Waals surface area contributed by atoms with Crippen LogP contribution in [0.25, 0.3) is 11.5 Å². The molecule has 1 atom stereocenters. The highest BCUT2D eigenvalue weighted by Gasteiger charge is 2.10. The number of rotatable bonds is 2. The first-order valence-electron chi connectivity index (χ1n) is 3.70. The molecule has 0 aliphatic rings. The zero-order valence-electron chi connectivity index (χ0n) is 6.82. The lowest BCUT2D eigenvalue weighted by Gasteiger charge is -1.91. The lowest BCUT2D eigenvalue weighted by molar-refractivity contribution is 0.918. The van der Waals surface area contributed by atoms with Gasteiger partial charge in [0.05, 0.1) is 11.6 Å². The van der Waals surface area contributed by atoms with Crippen molar-refractivity contribution in [3.8, 4) is 11.5 Å². The number of aromatic nitrogens is 6. The highest BCUT2D eigenvalue weighted by Crippen LogP contribution is 2.17. The van der Waals surface area contributed by atoms with Crippen LogP contribution in [0.15, 0.2) is 6.20 Å². The third-order valence-electron chi connectivity index (χ3n) is 1.52. The Labute approximate surface area is 78.7 Å². The molecule has 0 aliphatic carbocycles. The van der Waals surface area contributed by atoms with Gasteiger partial charge in [-0.05, 0) is 6.92 Å². The third kappa shape index (κ3) is 1.52. The molecule has 2 N–H and O–H groups in total. The van der Waals surface area contributed by atoms with Crippen LogP contribution in [0.5, 0.6) is 0 Å². The van der Waals surface area contributed by atoms with Crippen molar-refractivity contribution in [3.63, 3.8) is 0 Å². The predicted octanol–water partition coefficient (Wildman–Crippen LogP) is 0.890. The van der Waals surface area contributed by atoms with E-state index in [4.69, 9.17) is 11.6 Å². The van der Waals surface area contributed by atoms with Gasteiger partial charge in [-0.3, -0.25) is 5.10 Å². The normalized spacial score (nSPS) is 13.1. The Kier molecular flexibility index (Phi) is 1.97. The van der Waals surface area contributed by atoms with Gasteiger partial charge in [0.15, 0.2) is 5.69 Å². The van der Waals surface area contributed by atoms with Crippen LogP contribution in [0, 0.1) is 0 Å². The van der Waals surface area contributed by atoms with Gasteiger partial charge < -0.3 is 0 Å². The summed E-state index contributed by atoms with van der Waals surface area (Å²) < 4.78 is 0. The molecule has 0 fully saturated rings. The number of alkyl halides is 1. The summed E-state index contributed by atoms with van der Waals surface area (Å²) in [5, 5.41) is 16.4. The number of nitrogens with zero attached hydrogens (tertiary/aromatic N) is 4. The average Bonchev–Trinajstić information content (AvgIpc) is 2.75. The summed E-state index contributed by atoms with van der Waals surface area (Å²) in [4.78, 5) is 4.13. The lowest BCUT2D eigenvalue weighted by Crippen LogP contribution is -1.86. The Morgan fingerprint density at radius 2 is 2.31 bits per heavy atom. The number of H-pyrrole nitrogens is 2. The molecular weight excluding hydrogens is 192 g/mol. The number of hydrogen-bond acceptors (Lipinski definition) is 4. The second kappa shape index (κ2) is 3.14. The molecule has 68 valence electrons. The van der Waals surface area contributed by atoms with E-state index in [1.165, 1.54) is 0 Å². The summed E-state index contributed by atoms with van der Waals surface area (Å²) in [5.41, 5.74) is 0.597. The van der Waals surface area contributed by atoms with Crippen LogP contribution in [-0.4, -0.2) is 30.6 Å². The Hall–Kier alpha value is -1.43. The van der Waals surface area contributed by atoms with Gasteiger partial charge in [0.2, 0.25) is 5.82 Å². The predicted molar refractivity (Wildman–Crippen MR) is 46.0 cm³/mol. The minimum atomic E-state index is -0.187. The molecule has 0 aliphatic heterocycles. The first-order chi connectivity index (χ1) is 6.27. The molecule has 2 aromatic heterocycles. The van der Waals surface area contributed by atoms with Crippen molar-refractivity contribution in [1.82, 2.24) is 30.6 Å². The number of nitrogens with one attached hydrogen (secondary N) is 2. The third-order valence-corrected chi connectivity index (χ3v) is 1.73. The van der Waals surface area contributed by atoms with Gasteiger partial charge in [-0.1, -0.05) is 0 Å². The average molecular weight is 199 g/mol. The summed E-state index contributed by atoms with van der Waals surface area (Å²) in [6.07, 6.45) is 1.55. The summed E-state index contributed by atoms with van der Waals surface area (Å²) >= 11 is 5.80. The van der Waals surface area contributed by atoms with Crippen molar-refractivity contribution in [2.75, 3.05) is 0 Å². The number of hydrogen-bond donors (Lipinski definition) is 2. The summed E-state index contributed by atoms with van der Waals surface area (Å²) in [6, 6.07) is 0. The summed E-state index contributed by atoms with van der Waals surface area (Å²) in [6.45, 7) is 1.81. The van der Waals surface area contributed by atoms with Crippen molar-refractivity contribution in [3.05, 3.63) is 12.0 Å². The van der Waals surface area contributed by atoms with E-state index < -0.39 is 0 Å². The van der Waals surface area contributed by atoms with Gasteiger partial charge in [0.1, 0.15) is 5.82 Å². The maximum Gasteiger partial charge on any atom is 0.203 e. The minimum absolute atomic E-state index is 0.187. The second-order valence-electron chi connectivity index (χ2n) is 2.52. The second-order valence-corrected chi connectivity index (χ2v) is 3.17. The van der Waals surface area contributed by atoms with Crippen LogP contribution in [-0.2, 0) is 0 Å². The van der Waals surface area contributed by atoms with E-state index in [1.54, 1.807) is 6.20 Å². The van der Waals surface area contributed by atoms with E-state index in [0.717, 1.165) is 0 Å². The molecule has 0 bridgehead atoms. The maximum atomic E-state index is 5.80. The van der Waals surface area contributed by atoms with Gasteiger partial charge in [-0.15, -0.1) is 11.6 Å². The molecule has 0 saturated heterocycles. The molecule has 0 spiro atoms. The van der Waals surface area contributed by atoms with E-state index in [-0.39, 0.29) is 5.38 Å². The zero-order chi connectivity index (χ0) is 9.26. The van der Waals surface area contributed by atoms with Crippen LogP contribution in [0.4, 0.5) is 0 Å². The number of halogens is 1. The molecule has 1 unspecified atom stereocenters. The fourth-order valence-electron chi connectivity index (χ4n) is 0.876. The van der Waals surface area contributed by atoms with Crippen molar-refractivity contribution < 1.29 is 0 Å². The van der Waals surface area contributed by atoms with E-state index in [9.17, 15) is 0 Å². The van der Waals surface area contributed by atoms with Gasteiger partial charge in [-0.2, -0.15) is 20.5 Å². The molecule has 7 heteroatoms. The first-order valence-corrected chi connectivity index (χ1v) is 4.13. The van der Waals surface area contributed by atoms with Crippen molar-refractivity contribution in [2.24, 2.45) is 0 Å². The Morgan fingerprint density at radius 3 is 2.85 bits per heavy atom. The van der Waals surface area contributed by atoms with Crippen LogP contribution in [0.2, 0.25) is 0 Å². The van der Waals surface area contributed by atoms with Crippen molar-refractivity contribution in [2.45, 2.75) is 12.3 Å². The first kappa shape index (κ1) is 8.18. The molecule has 2 rings (SSSR count). The fourth-order valence-corrected chi connectivity index (χ4v) is 0.974. The molecule has 0 amide bonds. The topological polar surface area (TPSA) is 83.1 Å². The van der Waals surface area contributed by atoms with Crippen LogP contribution in [0.1, 0.15) is 18.1 Å². The fraction of sp³-hybridized carbons (Fsp3) is 0.333. The van der Waals surface area contributed by atoms with Gasteiger partial charge in [-0.25, -0.2) is 4.98 Å². The molecule has 2 aromatic rings. The number of aromatic amines is 2. The van der Waals surface area contributed by atoms with Crippen molar-refractivity contribution >= 4 is 11.6 Å². The van der Waals surface area contributed by atoms with E-state index in [0.29, 0.717) is 17.3 Å². The highest BCUT2D eigenvalue weighted by molar-refractivity contribution is 6.20. The Morgan fingerprint density at radius 1 is 1.46 bits per heavy atom. The highest BCUT2D eigenvalue weighted by atomic mass is 35.5. The largest absolute Gasteiger partial charge is 0.261 e. The van der Waals surface area contributed by atoms with Crippen molar-refractivity contribution in [1.29, 1.82) is 0 Å². The maximum absolute atomic E-state index is 5.80. The summed E-state index contributed by atoms with van der Waals surface area (Å²) in [7, 11) is 0. The van der Waals surface area contributed by atoms with Crippen LogP contribution in [0.3, 0.4) is 0 Å². The van der Waals surface area contributed by atoms with Crippen LogP contribution < -0.4 is 0 Å². The molecule has 2 heterocycles. The van der Waals surface area contributed by atoms with E-state index in [1.807, 2.05) is 6.92 Å². The quantitative estimate of drug-likeness (QED) is 0.702. The summed E-state index contributed by atoms with van der Waals surface area (Å²) in [5.74, 6) is 1.12. The Balaban J connectivity index is 2.33. The monoisotopic (exact) mass is 198 g/mol. The molecule has 0 aromatic carbocycles. The minimum Gasteiger partial charge on any atom is -0.261 e. The molecule has 13 heavy (non-hydrogen) atoms. The Bertz CT molecular complexity index is 377. The molecule has 6 nitrogen and oxygen atoms in total. The van der Waals surface area contributed by atoms with E-state index >= 15 is 0 Å². The van der Waals surface area contributed by atoms with Gasteiger partial charge in [0, 0.05) is 0 Å². The van der Waals surface area contributed by atoms with E-state index in [2.05, 4.69) is 30.6 Å².